The highest BCUT2D eigenvalue weighted by Crippen LogP contribution is 2.15. The molecule has 3 aromatic rings. The largest absolute Gasteiger partial charge is 0.508 e. The molecule has 0 bridgehead atoms. The lowest BCUT2D eigenvalue weighted by atomic mass is 10.1. The Morgan fingerprint density at radius 2 is 2.05 bits per heavy atom. The average molecular weight is 293 g/mol. The molecule has 110 valence electrons. The molecule has 0 fully saturated rings. The summed E-state index contributed by atoms with van der Waals surface area (Å²) in [7, 11) is 0. The summed E-state index contributed by atoms with van der Waals surface area (Å²) in [6, 6.07) is 14.2. The van der Waals surface area contributed by atoms with E-state index in [9.17, 15) is 9.90 Å². The SMILES string of the molecule is O=C(NCc1ccccc1O)c1cccc(-n2ccnc2)c1. The van der Waals surface area contributed by atoms with Crippen molar-refractivity contribution in [2.75, 3.05) is 0 Å². The number of phenolic OH excluding ortho intramolecular Hbond substituents is 1. The monoisotopic (exact) mass is 293 g/mol. The van der Waals surface area contributed by atoms with Crippen molar-refractivity contribution >= 4 is 5.91 Å². The predicted octanol–water partition coefficient (Wildman–Crippen LogP) is 2.51. The summed E-state index contributed by atoms with van der Waals surface area (Å²) in [6.07, 6.45) is 5.18. The molecule has 1 heterocycles. The average Bonchev–Trinajstić information content (AvgIpc) is 3.08. The minimum Gasteiger partial charge on any atom is -0.508 e. The van der Waals surface area contributed by atoms with Crippen LogP contribution >= 0.6 is 0 Å². The first-order valence-electron chi connectivity index (χ1n) is 6.87. The van der Waals surface area contributed by atoms with Crippen molar-refractivity contribution in [2.45, 2.75) is 6.54 Å². The predicted molar refractivity (Wildman–Crippen MR) is 82.8 cm³/mol. The first kappa shape index (κ1) is 13.9. The number of phenols is 1. The fourth-order valence-corrected chi connectivity index (χ4v) is 2.16. The van der Waals surface area contributed by atoms with Crippen LogP contribution in [0.2, 0.25) is 0 Å². The number of imidazole rings is 1. The van der Waals surface area contributed by atoms with Gasteiger partial charge in [0.15, 0.2) is 0 Å². The van der Waals surface area contributed by atoms with E-state index in [0.717, 1.165) is 5.69 Å². The molecule has 1 aromatic heterocycles. The van der Waals surface area contributed by atoms with Gasteiger partial charge in [-0.05, 0) is 24.3 Å². The van der Waals surface area contributed by atoms with Crippen LogP contribution in [0.1, 0.15) is 15.9 Å². The summed E-state index contributed by atoms with van der Waals surface area (Å²) < 4.78 is 1.83. The number of carbonyl (C=O) groups excluding carboxylic acids is 1. The van der Waals surface area contributed by atoms with Gasteiger partial charge in [0.1, 0.15) is 5.75 Å². The smallest absolute Gasteiger partial charge is 0.251 e. The number of nitrogens with zero attached hydrogens (tertiary/aromatic N) is 2. The summed E-state index contributed by atoms with van der Waals surface area (Å²) in [5.74, 6) is -0.0137. The van der Waals surface area contributed by atoms with E-state index in [1.807, 2.05) is 29.0 Å². The number of aromatic nitrogens is 2. The molecule has 0 unspecified atom stereocenters. The van der Waals surface area contributed by atoms with Gasteiger partial charge in [0, 0.05) is 35.8 Å². The minimum absolute atomic E-state index is 0.176. The first-order chi connectivity index (χ1) is 10.7. The van der Waals surface area contributed by atoms with Gasteiger partial charge >= 0.3 is 0 Å². The van der Waals surface area contributed by atoms with E-state index in [4.69, 9.17) is 0 Å². The normalized spacial score (nSPS) is 10.4. The molecule has 1 amide bonds. The Balaban J connectivity index is 1.73. The highest BCUT2D eigenvalue weighted by Gasteiger charge is 2.08. The van der Waals surface area contributed by atoms with Gasteiger partial charge < -0.3 is 15.0 Å². The Morgan fingerprint density at radius 1 is 1.18 bits per heavy atom. The van der Waals surface area contributed by atoms with Gasteiger partial charge in [-0.1, -0.05) is 24.3 Å². The van der Waals surface area contributed by atoms with E-state index in [-0.39, 0.29) is 18.2 Å². The third-order valence-corrected chi connectivity index (χ3v) is 3.34. The second-order valence-corrected chi connectivity index (χ2v) is 4.83. The van der Waals surface area contributed by atoms with Crippen LogP contribution < -0.4 is 5.32 Å². The van der Waals surface area contributed by atoms with Crippen LogP contribution in [-0.4, -0.2) is 20.6 Å². The third-order valence-electron chi connectivity index (χ3n) is 3.34. The zero-order chi connectivity index (χ0) is 15.4. The molecule has 5 nitrogen and oxygen atoms in total. The van der Waals surface area contributed by atoms with E-state index >= 15 is 0 Å². The van der Waals surface area contributed by atoms with E-state index in [2.05, 4.69) is 10.3 Å². The molecule has 3 rings (SSSR count). The molecule has 2 aromatic carbocycles. The Morgan fingerprint density at radius 3 is 2.82 bits per heavy atom. The van der Waals surface area contributed by atoms with Crippen molar-refractivity contribution in [1.82, 2.24) is 14.9 Å². The number of rotatable bonds is 4. The second kappa shape index (κ2) is 6.13. The quantitative estimate of drug-likeness (QED) is 0.776. The van der Waals surface area contributed by atoms with Crippen molar-refractivity contribution < 1.29 is 9.90 Å². The molecule has 0 aliphatic rings. The number of hydrogen-bond donors (Lipinski definition) is 2. The van der Waals surface area contributed by atoms with Crippen molar-refractivity contribution in [3.05, 3.63) is 78.4 Å². The van der Waals surface area contributed by atoms with Gasteiger partial charge in [-0.3, -0.25) is 4.79 Å². The third kappa shape index (κ3) is 2.98. The second-order valence-electron chi connectivity index (χ2n) is 4.83. The van der Waals surface area contributed by atoms with Gasteiger partial charge in [-0.2, -0.15) is 0 Å². The topological polar surface area (TPSA) is 67.2 Å². The fourth-order valence-electron chi connectivity index (χ4n) is 2.16. The maximum absolute atomic E-state index is 12.2. The summed E-state index contributed by atoms with van der Waals surface area (Å²) in [4.78, 5) is 16.2. The molecule has 0 spiro atoms. The van der Waals surface area contributed by atoms with Crippen LogP contribution in [-0.2, 0) is 6.54 Å². The van der Waals surface area contributed by atoms with Crippen molar-refractivity contribution in [1.29, 1.82) is 0 Å². The van der Waals surface area contributed by atoms with Crippen molar-refractivity contribution in [3.8, 4) is 11.4 Å². The summed E-state index contributed by atoms with van der Waals surface area (Å²) in [6.45, 7) is 0.279. The van der Waals surface area contributed by atoms with Crippen LogP contribution in [0.15, 0.2) is 67.3 Å². The fraction of sp³-hybridized carbons (Fsp3) is 0.0588. The van der Waals surface area contributed by atoms with Crippen LogP contribution in [0.4, 0.5) is 0 Å². The van der Waals surface area contributed by atoms with Gasteiger partial charge in [0.25, 0.3) is 5.91 Å². The van der Waals surface area contributed by atoms with Crippen LogP contribution in [0.25, 0.3) is 5.69 Å². The number of benzene rings is 2. The maximum Gasteiger partial charge on any atom is 0.251 e. The van der Waals surface area contributed by atoms with Crippen molar-refractivity contribution in [2.24, 2.45) is 0 Å². The Labute approximate surface area is 127 Å². The van der Waals surface area contributed by atoms with Gasteiger partial charge in [0.2, 0.25) is 0 Å². The van der Waals surface area contributed by atoms with Gasteiger partial charge in [-0.15, -0.1) is 0 Å². The van der Waals surface area contributed by atoms with E-state index < -0.39 is 0 Å². The number of amides is 1. The molecule has 2 N–H and O–H groups in total. The molecule has 22 heavy (non-hydrogen) atoms. The van der Waals surface area contributed by atoms with Crippen LogP contribution in [0, 0.1) is 0 Å². The number of carbonyl (C=O) groups is 1. The molecule has 0 aliphatic carbocycles. The molecule has 0 saturated heterocycles. The highest BCUT2D eigenvalue weighted by molar-refractivity contribution is 5.94. The zero-order valence-corrected chi connectivity index (χ0v) is 11.8. The maximum atomic E-state index is 12.2. The molecule has 0 saturated carbocycles. The Hall–Kier alpha value is -3.08. The highest BCUT2D eigenvalue weighted by atomic mass is 16.3. The summed E-state index contributed by atoms with van der Waals surface area (Å²) in [5.41, 5.74) is 2.11. The number of aromatic hydroxyl groups is 1. The molecular formula is C17H15N3O2. The molecule has 0 atom stereocenters. The molecule has 0 aliphatic heterocycles. The molecule has 0 radical (unpaired) electrons. The molecule has 5 heteroatoms. The standard InChI is InChI=1S/C17H15N3O2/c21-16-7-2-1-4-14(16)11-19-17(22)13-5-3-6-15(10-13)20-9-8-18-12-20/h1-10,12,21H,11H2,(H,19,22). The first-order valence-corrected chi connectivity index (χ1v) is 6.87. The Kier molecular flexibility index (Phi) is 3.87. The van der Waals surface area contributed by atoms with Gasteiger partial charge in [0.05, 0.1) is 6.33 Å². The van der Waals surface area contributed by atoms with E-state index in [1.54, 1.807) is 42.9 Å². The number of hydrogen-bond acceptors (Lipinski definition) is 3. The van der Waals surface area contributed by atoms with Crippen LogP contribution in [0.3, 0.4) is 0 Å². The molecular weight excluding hydrogens is 278 g/mol. The minimum atomic E-state index is -0.190. The Bertz CT molecular complexity index is 782. The lowest BCUT2D eigenvalue weighted by molar-refractivity contribution is 0.0950. The van der Waals surface area contributed by atoms with E-state index in [1.165, 1.54) is 0 Å². The van der Waals surface area contributed by atoms with Crippen LogP contribution in [0.5, 0.6) is 5.75 Å². The number of para-hydroxylation sites is 1. The van der Waals surface area contributed by atoms with E-state index in [0.29, 0.717) is 11.1 Å². The number of nitrogens with one attached hydrogen (secondary N) is 1. The van der Waals surface area contributed by atoms with Gasteiger partial charge in [-0.25, -0.2) is 4.98 Å². The lowest BCUT2D eigenvalue weighted by Crippen LogP contribution is -2.22. The van der Waals surface area contributed by atoms with Crippen molar-refractivity contribution in [3.63, 3.8) is 0 Å². The summed E-state index contributed by atoms with van der Waals surface area (Å²) >= 11 is 0. The lowest BCUT2D eigenvalue weighted by Gasteiger charge is -2.08. The summed E-state index contributed by atoms with van der Waals surface area (Å²) in [5, 5.41) is 12.5. The zero-order valence-electron chi connectivity index (χ0n) is 11.8.